The number of benzene rings is 2. The average Bonchev–Trinajstić information content (AvgIpc) is 2.79. The predicted molar refractivity (Wildman–Crippen MR) is 114 cm³/mol. The largest absolute Gasteiger partial charge is 0.416 e. The van der Waals surface area contributed by atoms with Gasteiger partial charge in [0.2, 0.25) is 5.95 Å². The van der Waals surface area contributed by atoms with E-state index in [2.05, 4.69) is 9.97 Å². The highest BCUT2D eigenvalue weighted by Gasteiger charge is 2.33. The summed E-state index contributed by atoms with van der Waals surface area (Å²) in [6.45, 7) is 0.644. The molecule has 4 N–H and O–H groups in total. The van der Waals surface area contributed by atoms with Gasteiger partial charge in [0.05, 0.1) is 11.7 Å². The summed E-state index contributed by atoms with van der Waals surface area (Å²) in [5, 5.41) is 20.7. The summed E-state index contributed by atoms with van der Waals surface area (Å²) in [6, 6.07) is 7.28. The molecule has 2 heterocycles. The molecule has 2 aromatic carbocycles. The molecule has 10 heteroatoms. The van der Waals surface area contributed by atoms with Crippen LogP contribution in [0.15, 0.2) is 48.8 Å². The van der Waals surface area contributed by atoms with Crippen molar-refractivity contribution in [3.05, 3.63) is 65.7 Å². The summed E-state index contributed by atoms with van der Waals surface area (Å²) >= 11 is 0. The first-order valence-electron chi connectivity index (χ1n) is 10.3. The molecule has 1 aromatic heterocycles. The van der Waals surface area contributed by atoms with Gasteiger partial charge in [0.25, 0.3) is 0 Å². The Morgan fingerprint density at radius 1 is 0.970 bits per heavy atom. The second-order valence-corrected chi connectivity index (χ2v) is 7.97. The van der Waals surface area contributed by atoms with Crippen molar-refractivity contribution in [2.45, 2.75) is 31.3 Å². The fraction of sp³-hybridized carbons (Fsp3) is 0.304. The third-order valence-electron chi connectivity index (χ3n) is 5.76. The maximum absolute atomic E-state index is 15.0. The second-order valence-electron chi connectivity index (χ2n) is 7.97. The minimum Gasteiger partial charge on any atom is -0.393 e. The molecule has 1 fully saturated rings. The fourth-order valence-corrected chi connectivity index (χ4v) is 3.94. The zero-order chi connectivity index (χ0) is 23.8. The minimum atomic E-state index is -4.60. The van der Waals surface area contributed by atoms with E-state index in [-0.39, 0.29) is 22.6 Å². The molecule has 4 rings (SSSR count). The number of nitrogens with two attached hydrogens (primary N) is 1. The van der Waals surface area contributed by atoms with Crippen LogP contribution in [0.4, 0.5) is 23.5 Å². The molecule has 0 aliphatic carbocycles. The van der Waals surface area contributed by atoms with Crippen molar-refractivity contribution in [3.63, 3.8) is 0 Å². The van der Waals surface area contributed by atoms with E-state index in [1.807, 2.05) is 0 Å². The molecule has 0 saturated carbocycles. The summed E-state index contributed by atoms with van der Waals surface area (Å²) < 4.78 is 55.1. The van der Waals surface area contributed by atoms with Crippen molar-refractivity contribution in [1.82, 2.24) is 14.9 Å². The number of likely N-dealkylation sites (tertiary alicyclic amines) is 1. The third-order valence-corrected chi connectivity index (χ3v) is 5.76. The van der Waals surface area contributed by atoms with Gasteiger partial charge in [-0.2, -0.15) is 13.2 Å². The molecule has 33 heavy (non-hydrogen) atoms. The molecule has 1 unspecified atom stereocenters. The highest BCUT2D eigenvalue weighted by Crippen LogP contribution is 2.38. The van der Waals surface area contributed by atoms with Crippen molar-refractivity contribution in [2.75, 3.05) is 18.8 Å². The van der Waals surface area contributed by atoms with E-state index in [1.54, 1.807) is 11.0 Å². The van der Waals surface area contributed by atoms with E-state index in [0.717, 1.165) is 12.1 Å². The lowest BCUT2D eigenvalue weighted by Crippen LogP contribution is -2.38. The predicted octanol–water partition coefficient (Wildman–Crippen LogP) is 4.00. The highest BCUT2D eigenvalue weighted by molar-refractivity contribution is 5.73. The Morgan fingerprint density at radius 3 is 2.21 bits per heavy atom. The van der Waals surface area contributed by atoms with Gasteiger partial charge in [0.15, 0.2) is 0 Å². The lowest BCUT2D eigenvalue weighted by molar-refractivity contribution is -0.137. The lowest BCUT2D eigenvalue weighted by Gasteiger charge is -2.34. The van der Waals surface area contributed by atoms with Crippen LogP contribution < -0.4 is 5.73 Å². The monoisotopic (exact) mass is 462 g/mol. The van der Waals surface area contributed by atoms with Gasteiger partial charge in [-0.05, 0) is 42.2 Å². The van der Waals surface area contributed by atoms with Crippen LogP contribution in [-0.2, 0) is 6.18 Å². The number of halogens is 4. The Balaban J connectivity index is 1.75. The SMILES string of the molecule is Nc1ncc(-c2ccc(-c3ccc(C(F)(F)F)cc3C(O)N3CCC(O)CC3)cc2F)cn1. The van der Waals surface area contributed by atoms with Crippen molar-refractivity contribution in [2.24, 2.45) is 0 Å². The van der Waals surface area contributed by atoms with Gasteiger partial charge >= 0.3 is 6.18 Å². The third kappa shape index (κ3) is 4.97. The highest BCUT2D eigenvalue weighted by atomic mass is 19.4. The second kappa shape index (κ2) is 9.05. The Bertz CT molecular complexity index is 1130. The van der Waals surface area contributed by atoms with Crippen LogP contribution in [0, 0.1) is 5.82 Å². The normalized spacial score (nSPS) is 16.7. The van der Waals surface area contributed by atoms with E-state index in [4.69, 9.17) is 5.73 Å². The van der Waals surface area contributed by atoms with Crippen molar-refractivity contribution in [3.8, 4) is 22.3 Å². The van der Waals surface area contributed by atoms with E-state index < -0.39 is 29.9 Å². The van der Waals surface area contributed by atoms with Crippen molar-refractivity contribution >= 4 is 5.95 Å². The topological polar surface area (TPSA) is 95.5 Å². The lowest BCUT2D eigenvalue weighted by atomic mass is 9.93. The molecule has 1 atom stereocenters. The van der Waals surface area contributed by atoms with Gasteiger partial charge < -0.3 is 15.9 Å². The molecule has 1 aliphatic rings. The zero-order valence-electron chi connectivity index (χ0n) is 17.4. The number of anilines is 1. The van der Waals surface area contributed by atoms with Crippen LogP contribution in [-0.4, -0.2) is 44.3 Å². The maximum atomic E-state index is 15.0. The standard InChI is InChI=1S/C23H22F4N4O2/c24-20-9-13(1-3-18(20)14-11-29-22(28)30-12-14)17-4-2-15(23(25,26)27)10-19(17)21(33)31-7-5-16(32)6-8-31/h1-4,9-12,16,21,32-33H,5-8H2,(H2,28,29,30). The van der Waals surface area contributed by atoms with Crippen LogP contribution in [0.1, 0.15) is 30.2 Å². The number of aliphatic hydroxyl groups excluding tert-OH is 2. The Morgan fingerprint density at radius 2 is 1.61 bits per heavy atom. The number of aromatic nitrogens is 2. The summed E-state index contributed by atoms with van der Waals surface area (Å²) in [6.07, 6.45) is -2.90. The summed E-state index contributed by atoms with van der Waals surface area (Å²) in [4.78, 5) is 9.28. The number of alkyl halides is 3. The Kier molecular flexibility index (Phi) is 6.33. The van der Waals surface area contributed by atoms with E-state index >= 15 is 0 Å². The van der Waals surface area contributed by atoms with Crippen LogP contribution in [0.2, 0.25) is 0 Å². The van der Waals surface area contributed by atoms with Gasteiger partial charge in [-0.3, -0.25) is 4.90 Å². The Hall–Kier alpha value is -3.08. The smallest absolute Gasteiger partial charge is 0.393 e. The van der Waals surface area contributed by atoms with Gasteiger partial charge in [0, 0.05) is 42.2 Å². The molecular formula is C23H22F4N4O2. The number of piperidine rings is 1. The van der Waals surface area contributed by atoms with Crippen molar-refractivity contribution in [1.29, 1.82) is 0 Å². The molecule has 6 nitrogen and oxygen atoms in total. The van der Waals surface area contributed by atoms with Crippen LogP contribution in [0.25, 0.3) is 22.3 Å². The summed E-state index contributed by atoms with van der Waals surface area (Å²) in [5.41, 5.74) is 5.76. The molecular weight excluding hydrogens is 440 g/mol. The minimum absolute atomic E-state index is 0.0178. The number of aliphatic hydroxyl groups is 2. The van der Waals surface area contributed by atoms with Crippen molar-refractivity contribution < 1.29 is 27.8 Å². The maximum Gasteiger partial charge on any atom is 0.416 e. The molecule has 0 bridgehead atoms. The molecule has 174 valence electrons. The van der Waals surface area contributed by atoms with Crippen LogP contribution in [0.3, 0.4) is 0 Å². The van der Waals surface area contributed by atoms with Gasteiger partial charge in [-0.25, -0.2) is 14.4 Å². The number of nitrogen functional groups attached to an aromatic ring is 1. The number of nitrogens with zero attached hydrogens (tertiary/aromatic N) is 3. The molecule has 0 amide bonds. The fourth-order valence-electron chi connectivity index (χ4n) is 3.94. The molecule has 3 aromatic rings. The zero-order valence-corrected chi connectivity index (χ0v) is 17.4. The van der Waals surface area contributed by atoms with Gasteiger partial charge in [-0.15, -0.1) is 0 Å². The first-order valence-corrected chi connectivity index (χ1v) is 10.3. The molecule has 0 spiro atoms. The molecule has 1 saturated heterocycles. The molecule has 0 radical (unpaired) electrons. The van der Waals surface area contributed by atoms with E-state index in [0.29, 0.717) is 37.1 Å². The first-order chi connectivity index (χ1) is 15.6. The van der Waals surface area contributed by atoms with Crippen LogP contribution >= 0.6 is 0 Å². The Labute approximate surface area is 187 Å². The van der Waals surface area contributed by atoms with E-state index in [9.17, 15) is 27.8 Å². The van der Waals surface area contributed by atoms with E-state index in [1.165, 1.54) is 30.6 Å². The number of hydrogen-bond acceptors (Lipinski definition) is 6. The first kappa shape index (κ1) is 23.1. The summed E-state index contributed by atoms with van der Waals surface area (Å²) in [5.74, 6) is -0.577. The van der Waals surface area contributed by atoms with Gasteiger partial charge in [-0.1, -0.05) is 18.2 Å². The average molecular weight is 462 g/mol. The van der Waals surface area contributed by atoms with Gasteiger partial charge in [0.1, 0.15) is 12.0 Å². The number of rotatable bonds is 4. The number of hydrogen-bond donors (Lipinski definition) is 3. The quantitative estimate of drug-likeness (QED) is 0.508. The van der Waals surface area contributed by atoms with Crippen LogP contribution in [0.5, 0.6) is 0 Å². The molecule has 1 aliphatic heterocycles. The summed E-state index contributed by atoms with van der Waals surface area (Å²) in [7, 11) is 0.